The van der Waals surface area contributed by atoms with Crippen LogP contribution in [0.25, 0.3) is 0 Å². The van der Waals surface area contributed by atoms with E-state index in [9.17, 15) is 9.59 Å². The van der Waals surface area contributed by atoms with E-state index in [4.69, 9.17) is 5.11 Å². The van der Waals surface area contributed by atoms with Crippen molar-refractivity contribution >= 4 is 11.9 Å². The Hall–Kier alpha value is -1.85. The first-order chi connectivity index (χ1) is 9.63. The van der Waals surface area contributed by atoms with Crippen molar-refractivity contribution in [1.82, 2.24) is 15.3 Å². The highest BCUT2D eigenvalue weighted by Crippen LogP contribution is 2.05. The van der Waals surface area contributed by atoms with Gasteiger partial charge in [-0.3, -0.25) is 4.79 Å². The van der Waals surface area contributed by atoms with Gasteiger partial charge in [-0.1, -0.05) is 32.6 Å². The summed E-state index contributed by atoms with van der Waals surface area (Å²) >= 11 is 0. The predicted molar refractivity (Wildman–Crippen MR) is 75.2 cm³/mol. The molecule has 0 aliphatic rings. The number of carbonyl (C=O) groups is 2. The first-order valence-electron chi connectivity index (χ1n) is 7.13. The molecule has 0 saturated carbocycles. The van der Waals surface area contributed by atoms with Crippen LogP contribution in [0, 0.1) is 0 Å². The summed E-state index contributed by atoms with van der Waals surface area (Å²) < 4.78 is 0. The maximum atomic E-state index is 11.7. The Morgan fingerprint density at radius 1 is 1.35 bits per heavy atom. The van der Waals surface area contributed by atoms with Crippen LogP contribution in [0.3, 0.4) is 0 Å². The van der Waals surface area contributed by atoms with Gasteiger partial charge in [0.25, 0.3) is 0 Å². The van der Waals surface area contributed by atoms with Crippen molar-refractivity contribution in [2.75, 3.05) is 0 Å². The van der Waals surface area contributed by atoms with Gasteiger partial charge in [0.1, 0.15) is 6.04 Å². The summed E-state index contributed by atoms with van der Waals surface area (Å²) in [6.45, 7) is 2.14. The van der Waals surface area contributed by atoms with Gasteiger partial charge in [0.2, 0.25) is 5.91 Å². The summed E-state index contributed by atoms with van der Waals surface area (Å²) in [5, 5.41) is 11.7. The van der Waals surface area contributed by atoms with Crippen molar-refractivity contribution in [3.8, 4) is 0 Å². The van der Waals surface area contributed by atoms with Gasteiger partial charge >= 0.3 is 5.97 Å². The van der Waals surface area contributed by atoms with Gasteiger partial charge in [-0.25, -0.2) is 9.78 Å². The zero-order valence-electron chi connectivity index (χ0n) is 11.9. The summed E-state index contributed by atoms with van der Waals surface area (Å²) in [7, 11) is 0. The van der Waals surface area contributed by atoms with E-state index in [0.29, 0.717) is 12.1 Å². The van der Waals surface area contributed by atoms with Crippen LogP contribution < -0.4 is 5.32 Å². The fourth-order valence-corrected chi connectivity index (χ4v) is 1.97. The molecule has 0 fully saturated rings. The lowest BCUT2D eigenvalue weighted by Crippen LogP contribution is -2.42. The maximum absolute atomic E-state index is 11.7. The molecule has 1 atom stereocenters. The number of aromatic nitrogens is 2. The van der Waals surface area contributed by atoms with Gasteiger partial charge in [0.15, 0.2) is 0 Å². The van der Waals surface area contributed by atoms with Gasteiger partial charge in [-0.05, 0) is 6.42 Å². The number of carboxylic acid groups (broad SMARTS) is 1. The van der Waals surface area contributed by atoms with Crippen LogP contribution in [-0.2, 0) is 16.0 Å². The monoisotopic (exact) mass is 281 g/mol. The van der Waals surface area contributed by atoms with Crippen LogP contribution in [0.2, 0.25) is 0 Å². The summed E-state index contributed by atoms with van der Waals surface area (Å²) in [4.78, 5) is 29.5. The van der Waals surface area contributed by atoms with Crippen LogP contribution in [-0.4, -0.2) is 33.0 Å². The minimum absolute atomic E-state index is 0.201. The molecule has 0 aliphatic carbocycles. The predicted octanol–water partition coefficient (Wildman–Crippen LogP) is 1.88. The van der Waals surface area contributed by atoms with E-state index in [0.717, 1.165) is 25.7 Å². The molecule has 20 heavy (non-hydrogen) atoms. The van der Waals surface area contributed by atoms with Crippen molar-refractivity contribution < 1.29 is 14.7 Å². The molecule has 0 spiro atoms. The Bertz CT molecular complexity index is 404. The molecule has 6 heteroatoms. The zero-order chi connectivity index (χ0) is 14.8. The summed E-state index contributed by atoms with van der Waals surface area (Å²) in [6, 6.07) is -0.904. The van der Waals surface area contributed by atoms with Crippen molar-refractivity contribution in [1.29, 1.82) is 0 Å². The molecule has 1 aromatic rings. The molecule has 0 aliphatic heterocycles. The smallest absolute Gasteiger partial charge is 0.326 e. The number of aliphatic carboxylic acids is 1. The van der Waals surface area contributed by atoms with Crippen molar-refractivity contribution in [2.24, 2.45) is 0 Å². The lowest BCUT2D eigenvalue weighted by Gasteiger charge is -2.13. The number of rotatable bonds is 10. The van der Waals surface area contributed by atoms with Gasteiger partial charge in [-0.2, -0.15) is 0 Å². The molecule has 0 aromatic carbocycles. The van der Waals surface area contributed by atoms with E-state index >= 15 is 0 Å². The van der Waals surface area contributed by atoms with E-state index in [-0.39, 0.29) is 12.3 Å². The summed E-state index contributed by atoms with van der Waals surface area (Å²) in [5.41, 5.74) is 0.695. The zero-order valence-corrected chi connectivity index (χ0v) is 11.9. The fourth-order valence-electron chi connectivity index (χ4n) is 1.97. The van der Waals surface area contributed by atoms with Crippen LogP contribution >= 0.6 is 0 Å². The van der Waals surface area contributed by atoms with E-state index in [1.165, 1.54) is 12.7 Å². The number of nitrogens with zero attached hydrogens (tertiary/aromatic N) is 1. The molecule has 1 amide bonds. The number of imidazole rings is 1. The molecule has 0 saturated heterocycles. The van der Waals surface area contributed by atoms with E-state index < -0.39 is 12.0 Å². The fraction of sp³-hybridized carbons (Fsp3) is 0.643. The number of aromatic amines is 1. The maximum Gasteiger partial charge on any atom is 0.326 e. The molecule has 6 nitrogen and oxygen atoms in total. The molecule has 0 bridgehead atoms. The number of nitrogens with one attached hydrogen (secondary N) is 2. The average Bonchev–Trinajstić information content (AvgIpc) is 2.90. The molecule has 1 rings (SSSR count). The van der Waals surface area contributed by atoms with E-state index in [2.05, 4.69) is 22.2 Å². The largest absolute Gasteiger partial charge is 0.480 e. The molecule has 3 N–H and O–H groups in total. The number of amides is 1. The highest BCUT2D eigenvalue weighted by atomic mass is 16.4. The van der Waals surface area contributed by atoms with Gasteiger partial charge in [-0.15, -0.1) is 0 Å². The Morgan fingerprint density at radius 2 is 2.10 bits per heavy atom. The highest BCUT2D eigenvalue weighted by molar-refractivity contribution is 5.83. The molecule has 0 radical (unpaired) electrons. The molecule has 1 aromatic heterocycles. The minimum atomic E-state index is -1.03. The summed E-state index contributed by atoms with van der Waals surface area (Å²) in [6.07, 6.45) is 8.95. The highest BCUT2D eigenvalue weighted by Gasteiger charge is 2.20. The second kappa shape index (κ2) is 9.12. The lowest BCUT2D eigenvalue weighted by molar-refractivity contribution is -0.141. The van der Waals surface area contributed by atoms with E-state index in [1.807, 2.05) is 0 Å². The summed E-state index contributed by atoms with van der Waals surface area (Å²) in [5.74, 6) is -1.23. The third-order valence-corrected chi connectivity index (χ3v) is 3.12. The van der Waals surface area contributed by atoms with Gasteiger partial charge in [0.05, 0.1) is 6.33 Å². The lowest BCUT2D eigenvalue weighted by atomic mass is 10.1. The normalized spacial score (nSPS) is 12.1. The number of carboxylic acids is 1. The Kier molecular flexibility index (Phi) is 7.39. The number of hydrogen-bond donors (Lipinski definition) is 3. The SMILES string of the molecule is CCCCCCCC(=O)N[C@H](Cc1cnc[nH]1)C(=O)O. The quantitative estimate of drug-likeness (QED) is 0.571. The number of carbonyl (C=O) groups excluding carboxylic acids is 1. The minimum Gasteiger partial charge on any atom is -0.480 e. The van der Waals surface area contributed by atoms with Crippen molar-refractivity contribution in [2.45, 2.75) is 57.9 Å². The third-order valence-electron chi connectivity index (χ3n) is 3.12. The van der Waals surface area contributed by atoms with Crippen LogP contribution in [0.5, 0.6) is 0 Å². The van der Waals surface area contributed by atoms with Crippen LogP contribution in [0.1, 0.15) is 51.1 Å². The standard InChI is InChI=1S/C14H23N3O3/c1-2-3-4-5-6-7-13(18)17-12(14(19)20)8-11-9-15-10-16-11/h9-10,12H,2-8H2,1H3,(H,15,16)(H,17,18)(H,19,20)/t12-/m1/s1. The number of unbranched alkanes of at least 4 members (excludes halogenated alkanes) is 4. The first-order valence-corrected chi connectivity index (χ1v) is 7.13. The first kappa shape index (κ1) is 16.2. The second-order valence-electron chi connectivity index (χ2n) is 4.90. The molecular formula is C14H23N3O3. The van der Waals surface area contributed by atoms with Crippen LogP contribution in [0.4, 0.5) is 0 Å². The van der Waals surface area contributed by atoms with E-state index in [1.54, 1.807) is 6.20 Å². The number of H-pyrrole nitrogens is 1. The van der Waals surface area contributed by atoms with Gasteiger partial charge < -0.3 is 15.4 Å². The third kappa shape index (κ3) is 6.36. The van der Waals surface area contributed by atoms with Crippen molar-refractivity contribution in [3.05, 3.63) is 18.2 Å². The number of hydrogen-bond acceptors (Lipinski definition) is 3. The second-order valence-corrected chi connectivity index (χ2v) is 4.90. The Labute approximate surface area is 119 Å². The topological polar surface area (TPSA) is 95.1 Å². The molecule has 112 valence electrons. The molecular weight excluding hydrogens is 258 g/mol. The molecule has 1 heterocycles. The Morgan fingerprint density at radius 3 is 2.70 bits per heavy atom. The van der Waals surface area contributed by atoms with Crippen molar-refractivity contribution in [3.63, 3.8) is 0 Å². The molecule has 0 unspecified atom stereocenters. The van der Waals surface area contributed by atoms with Gasteiger partial charge in [0, 0.05) is 24.7 Å². The average molecular weight is 281 g/mol. The van der Waals surface area contributed by atoms with Crippen LogP contribution in [0.15, 0.2) is 12.5 Å². The Balaban J connectivity index is 2.30.